The first-order valence-corrected chi connectivity index (χ1v) is 6.74. The number of hydrogen-bond acceptors (Lipinski definition) is 4. The molecule has 0 atom stereocenters. The quantitative estimate of drug-likeness (QED) is 0.280. The standard InChI is InChI=1S/C17H12N2O2/c1-9-7-11-14(8-10(9)2)21-17(20)16-15(11)18-12-5-3-4-6-13(12)19-16/h3-8H,1-2H3. The van der Waals surface area contributed by atoms with Gasteiger partial charge in [-0.25, -0.2) is 14.8 Å². The smallest absolute Gasteiger partial charge is 0.364 e. The van der Waals surface area contributed by atoms with E-state index < -0.39 is 5.63 Å². The van der Waals surface area contributed by atoms with Gasteiger partial charge in [-0.2, -0.15) is 0 Å². The molecule has 0 saturated carbocycles. The van der Waals surface area contributed by atoms with E-state index in [2.05, 4.69) is 9.97 Å². The normalized spacial score (nSPS) is 11.5. The first kappa shape index (κ1) is 12.0. The van der Waals surface area contributed by atoms with Gasteiger partial charge in [0.1, 0.15) is 11.1 Å². The van der Waals surface area contributed by atoms with Gasteiger partial charge in [-0.1, -0.05) is 12.1 Å². The number of aryl methyl sites for hydroxylation is 2. The topological polar surface area (TPSA) is 56.0 Å². The van der Waals surface area contributed by atoms with Crippen molar-refractivity contribution in [2.75, 3.05) is 0 Å². The van der Waals surface area contributed by atoms with Crippen molar-refractivity contribution in [3.05, 3.63) is 57.9 Å². The Morgan fingerprint density at radius 2 is 1.52 bits per heavy atom. The predicted octanol–water partition coefficient (Wildman–Crippen LogP) is 3.51. The SMILES string of the molecule is Cc1cc2oc(=O)c3nc4ccccc4nc3c2cc1C. The number of aromatic nitrogens is 2. The molecule has 0 bridgehead atoms. The summed E-state index contributed by atoms with van der Waals surface area (Å²) in [5.41, 5.74) is 4.67. The van der Waals surface area contributed by atoms with Crippen LogP contribution in [0.5, 0.6) is 0 Å². The lowest BCUT2D eigenvalue weighted by molar-refractivity contribution is 0.567. The maximum Gasteiger partial charge on any atom is 0.364 e. The average molecular weight is 276 g/mol. The second-order valence-corrected chi connectivity index (χ2v) is 5.23. The molecule has 0 aliphatic rings. The van der Waals surface area contributed by atoms with Crippen LogP contribution < -0.4 is 5.63 Å². The van der Waals surface area contributed by atoms with Crippen LogP contribution >= 0.6 is 0 Å². The first-order chi connectivity index (χ1) is 10.1. The van der Waals surface area contributed by atoms with Gasteiger partial charge in [0.25, 0.3) is 0 Å². The minimum absolute atomic E-state index is 0.282. The van der Waals surface area contributed by atoms with Gasteiger partial charge in [0.15, 0.2) is 5.52 Å². The summed E-state index contributed by atoms with van der Waals surface area (Å²) < 4.78 is 5.40. The molecule has 0 spiro atoms. The molecule has 0 radical (unpaired) electrons. The Morgan fingerprint density at radius 3 is 2.24 bits per heavy atom. The van der Waals surface area contributed by atoms with E-state index in [9.17, 15) is 4.79 Å². The van der Waals surface area contributed by atoms with Crippen molar-refractivity contribution < 1.29 is 4.42 Å². The number of benzene rings is 2. The molecule has 4 heteroatoms. The van der Waals surface area contributed by atoms with Crippen LogP contribution in [0.4, 0.5) is 0 Å². The molecular weight excluding hydrogens is 264 g/mol. The number of para-hydroxylation sites is 2. The van der Waals surface area contributed by atoms with E-state index in [4.69, 9.17) is 4.42 Å². The molecule has 0 amide bonds. The summed E-state index contributed by atoms with van der Waals surface area (Å²) in [4.78, 5) is 21.2. The Morgan fingerprint density at radius 1 is 0.905 bits per heavy atom. The molecule has 0 fully saturated rings. The monoisotopic (exact) mass is 276 g/mol. The van der Waals surface area contributed by atoms with Gasteiger partial charge in [-0.3, -0.25) is 0 Å². The van der Waals surface area contributed by atoms with E-state index in [1.807, 2.05) is 50.2 Å². The molecule has 21 heavy (non-hydrogen) atoms. The minimum Gasteiger partial charge on any atom is -0.421 e. The lowest BCUT2D eigenvalue weighted by Crippen LogP contribution is -2.04. The minimum atomic E-state index is -0.445. The zero-order valence-electron chi connectivity index (χ0n) is 11.7. The highest BCUT2D eigenvalue weighted by molar-refractivity contribution is 6.03. The van der Waals surface area contributed by atoms with Crippen LogP contribution in [0, 0.1) is 13.8 Å². The van der Waals surface area contributed by atoms with E-state index in [1.54, 1.807) is 0 Å². The molecule has 4 nitrogen and oxygen atoms in total. The predicted molar refractivity (Wildman–Crippen MR) is 82.6 cm³/mol. The highest BCUT2D eigenvalue weighted by Gasteiger charge is 2.12. The van der Waals surface area contributed by atoms with Crippen LogP contribution in [-0.4, -0.2) is 9.97 Å². The zero-order valence-corrected chi connectivity index (χ0v) is 11.7. The molecule has 4 aromatic rings. The van der Waals surface area contributed by atoms with E-state index in [0.717, 1.165) is 22.0 Å². The van der Waals surface area contributed by atoms with Crippen molar-refractivity contribution in [2.24, 2.45) is 0 Å². The number of hydrogen-bond donors (Lipinski definition) is 0. The lowest BCUT2D eigenvalue weighted by atomic mass is 10.1. The molecule has 2 aromatic carbocycles. The van der Waals surface area contributed by atoms with Gasteiger partial charge < -0.3 is 4.42 Å². The number of rotatable bonds is 0. The Hall–Kier alpha value is -2.75. The summed E-state index contributed by atoms with van der Waals surface area (Å²) in [6.07, 6.45) is 0. The number of fused-ring (bicyclic) bond motifs is 4. The average Bonchev–Trinajstić information content (AvgIpc) is 2.48. The third-order valence-corrected chi connectivity index (χ3v) is 3.82. The molecule has 4 rings (SSSR count). The fourth-order valence-corrected chi connectivity index (χ4v) is 2.54. The van der Waals surface area contributed by atoms with Crippen molar-refractivity contribution in [3.63, 3.8) is 0 Å². The van der Waals surface area contributed by atoms with Crippen LogP contribution in [-0.2, 0) is 0 Å². The fraction of sp³-hybridized carbons (Fsp3) is 0.118. The summed E-state index contributed by atoms with van der Waals surface area (Å²) in [6.45, 7) is 4.02. The van der Waals surface area contributed by atoms with Crippen LogP contribution in [0.25, 0.3) is 33.0 Å². The Balaban J connectivity index is 2.30. The molecular formula is C17H12N2O2. The third kappa shape index (κ3) is 1.72. The van der Waals surface area contributed by atoms with Crippen LogP contribution in [0.1, 0.15) is 11.1 Å². The Kier molecular flexibility index (Phi) is 2.36. The maximum atomic E-state index is 12.2. The highest BCUT2D eigenvalue weighted by atomic mass is 16.4. The van der Waals surface area contributed by atoms with Crippen molar-refractivity contribution in [3.8, 4) is 0 Å². The highest BCUT2D eigenvalue weighted by Crippen LogP contribution is 2.25. The van der Waals surface area contributed by atoms with Crippen LogP contribution in [0.2, 0.25) is 0 Å². The first-order valence-electron chi connectivity index (χ1n) is 6.74. The molecule has 0 aliphatic carbocycles. The Labute approximate surface area is 120 Å². The molecule has 0 saturated heterocycles. The largest absolute Gasteiger partial charge is 0.421 e. The summed E-state index contributed by atoms with van der Waals surface area (Å²) in [5, 5.41) is 0.825. The summed E-state index contributed by atoms with van der Waals surface area (Å²) >= 11 is 0. The van der Waals surface area contributed by atoms with Crippen LogP contribution in [0.15, 0.2) is 45.6 Å². The molecule has 102 valence electrons. The van der Waals surface area contributed by atoms with E-state index >= 15 is 0 Å². The molecule has 2 aromatic heterocycles. The van der Waals surface area contributed by atoms with Gasteiger partial charge in [0.05, 0.1) is 11.0 Å². The van der Waals surface area contributed by atoms with Crippen molar-refractivity contribution >= 4 is 33.0 Å². The number of nitrogens with zero attached hydrogens (tertiary/aromatic N) is 2. The molecule has 0 aliphatic heterocycles. The summed E-state index contributed by atoms with van der Waals surface area (Å²) in [5.74, 6) is 0. The van der Waals surface area contributed by atoms with E-state index in [0.29, 0.717) is 16.6 Å². The fourth-order valence-electron chi connectivity index (χ4n) is 2.54. The van der Waals surface area contributed by atoms with Gasteiger partial charge in [-0.15, -0.1) is 0 Å². The molecule has 0 unspecified atom stereocenters. The van der Waals surface area contributed by atoms with Gasteiger partial charge in [0, 0.05) is 5.39 Å². The van der Waals surface area contributed by atoms with E-state index in [-0.39, 0.29) is 5.52 Å². The van der Waals surface area contributed by atoms with Crippen LogP contribution in [0.3, 0.4) is 0 Å². The maximum absolute atomic E-state index is 12.2. The third-order valence-electron chi connectivity index (χ3n) is 3.82. The van der Waals surface area contributed by atoms with Gasteiger partial charge >= 0.3 is 5.63 Å². The van der Waals surface area contributed by atoms with Gasteiger partial charge in [0.2, 0.25) is 0 Å². The van der Waals surface area contributed by atoms with Crippen molar-refractivity contribution in [1.82, 2.24) is 9.97 Å². The Bertz CT molecular complexity index is 1080. The summed E-state index contributed by atoms with van der Waals surface area (Å²) in [7, 11) is 0. The van der Waals surface area contributed by atoms with Gasteiger partial charge in [-0.05, 0) is 49.2 Å². The lowest BCUT2D eigenvalue weighted by Gasteiger charge is -2.06. The summed E-state index contributed by atoms with van der Waals surface area (Å²) in [6, 6.07) is 11.4. The molecule has 2 heterocycles. The van der Waals surface area contributed by atoms with E-state index in [1.165, 1.54) is 0 Å². The zero-order chi connectivity index (χ0) is 14.6. The molecule has 0 N–H and O–H groups in total. The van der Waals surface area contributed by atoms with Crippen molar-refractivity contribution in [1.29, 1.82) is 0 Å². The second kappa shape index (κ2) is 4.12. The van der Waals surface area contributed by atoms with Crippen molar-refractivity contribution in [2.45, 2.75) is 13.8 Å². The second-order valence-electron chi connectivity index (χ2n) is 5.23.